The van der Waals surface area contributed by atoms with Crippen molar-refractivity contribution < 1.29 is 8.81 Å². The molecule has 0 fully saturated rings. The number of benzene rings is 4. The first kappa shape index (κ1) is 31.6. The molecule has 3 aromatic heterocycles. The first-order valence-corrected chi connectivity index (χ1v) is 16.6. The normalized spacial score (nSPS) is 12.9. The van der Waals surface area contributed by atoms with Gasteiger partial charge in [0.25, 0.3) is 0 Å². The number of hydrogen-bond donors (Lipinski definition) is 0. The lowest BCUT2D eigenvalue weighted by Gasteiger charge is -2.21. The largest absolute Gasteiger partial charge is 0.453 e. The van der Waals surface area contributed by atoms with E-state index >= 15 is 0 Å². The average Bonchev–Trinajstić information content (AvgIpc) is 3.55. The molecule has 242 valence electrons. The van der Waals surface area contributed by atoms with Crippen LogP contribution in [0.4, 0.5) is 4.39 Å². The quantitative estimate of drug-likeness (QED) is 0.190. The van der Waals surface area contributed by atoms with Gasteiger partial charge in [-0.25, -0.2) is 4.39 Å². The molecule has 0 aliphatic heterocycles. The van der Waals surface area contributed by atoms with E-state index in [0.717, 1.165) is 38.1 Å². The lowest BCUT2D eigenvalue weighted by atomic mass is 9.83. The van der Waals surface area contributed by atoms with Gasteiger partial charge in [-0.3, -0.25) is 4.98 Å². The molecule has 4 nitrogen and oxygen atoms in total. The van der Waals surface area contributed by atoms with Gasteiger partial charge in [0.15, 0.2) is 5.58 Å². The van der Waals surface area contributed by atoms with Gasteiger partial charge in [0.05, 0.1) is 22.3 Å². The molecular formula is C43H42FN3O. The predicted molar refractivity (Wildman–Crippen MR) is 197 cm³/mol. The summed E-state index contributed by atoms with van der Waals surface area (Å²) in [6.45, 7) is 21.6. The van der Waals surface area contributed by atoms with Crippen molar-refractivity contribution in [3.8, 4) is 23.0 Å². The number of aryl methyl sites for hydroxylation is 1. The van der Waals surface area contributed by atoms with Crippen molar-refractivity contribution >= 4 is 43.7 Å². The maximum Gasteiger partial charge on any atom is 0.160 e. The fourth-order valence-electron chi connectivity index (χ4n) is 6.91. The summed E-state index contributed by atoms with van der Waals surface area (Å²) in [6.07, 6.45) is 1.56. The van der Waals surface area contributed by atoms with Gasteiger partial charge in [-0.2, -0.15) is 5.26 Å². The lowest BCUT2D eigenvalue weighted by Crippen LogP contribution is -2.11. The summed E-state index contributed by atoms with van der Waals surface area (Å²) < 4.78 is 24.1. The van der Waals surface area contributed by atoms with Crippen molar-refractivity contribution in [2.24, 2.45) is 0 Å². The van der Waals surface area contributed by atoms with Crippen molar-refractivity contribution in [2.75, 3.05) is 0 Å². The van der Waals surface area contributed by atoms with E-state index in [4.69, 9.17) is 4.42 Å². The minimum atomic E-state index is -0.314. The smallest absolute Gasteiger partial charge is 0.160 e. The second-order valence-corrected chi connectivity index (χ2v) is 16.3. The van der Waals surface area contributed by atoms with Crippen LogP contribution in [0.1, 0.15) is 90.1 Å². The molecule has 0 N–H and O–H groups in total. The van der Waals surface area contributed by atoms with E-state index in [-0.39, 0.29) is 22.1 Å². The molecule has 0 radical (unpaired) electrons. The topological polar surface area (TPSA) is 54.8 Å². The zero-order valence-electron chi connectivity index (χ0n) is 29.6. The summed E-state index contributed by atoms with van der Waals surface area (Å²) in [5.74, 6) is -0.314. The third kappa shape index (κ3) is 4.89. The third-order valence-corrected chi connectivity index (χ3v) is 9.73. The second kappa shape index (κ2) is 10.5. The third-order valence-electron chi connectivity index (χ3n) is 9.73. The summed E-state index contributed by atoms with van der Waals surface area (Å²) in [5, 5.41) is 14.8. The molecule has 0 amide bonds. The molecule has 7 aromatic rings. The van der Waals surface area contributed by atoms with Gasteiger partial charge in [-0.15, -0.1) is 0 Å². The number of aromatic nitrogens is 2. The summed E-state index contributed by atoms with van der Waals surface area (Å²) in [5.41, 5.74) is 9.36. The van der Waals surface area contributed by atoms with Gasteiger partial charge in [0.2, 0.25) is 0 Å². The van der Waals surface area contributed by atoms with Crippen molar-refractivity contribution in [1.29, 1.82) is 5.26 Å². The summed E-state index contributed by atoms with van der Waals surface area (Å²) in [6, 6.07) is 25.4. The molecule has 7 rings (SSSR count). The number of rotatable bonds is 2. The van der Waals surface area contributed by atoms with E-state index in [1.165, 1.54) is 17.2 Å². The number of fused-ring (bicyclic) bond motifs is 6. The molecule has 0 spiro atoms. The van der Waals surface area contributed by atoms with E-state index in [1.54, 1.807) is 13.1 Å². The highest BCUT2D eigenvalue weighted by molar-refractivity contribution is 6.16. The van der Waals surface area contributed by atoms with Crippen LogP contribution in [0.5, 0.6) is 0 Å². The Morgan fingerprint density at radius 2 is 1.29 bits per heavy atom. The minimum Gasteiger partial charge on any atom is -0.453 e. The number of pyridine rings is 1. The van der Waals surface area contributed by atoms with Gasteiger partial charge >= 0.3 is 0 Å². The first-order chi connectivity index (χ1) is 22.5. The fraction of sp³-hybridized carbons (Fsp3) is 0.302. The highest BCUT2D eigenvalue weighted by atomic mass is 19.1. The van der Waals surface area contributed by atoms with Crippen LogP contribution in [-0.4, -0.2) is 9.55 Å². The van der Waals surface area contributed by atoms with Crippen LogP contribution in [0.2, 0.25) is 0 Å². The molecule has 0 aliphatic rings. The summed E-state index contributed by atoms with van der Waals surface area (Å²) in [4.78, 5) is 4.62. The van der Waals surface area contributed by atoms with Crippen LogP contribution < -0.4 is 0 Å². The Morgan fingerprint density at radius 3 is 1.81 bits per heavy atom. The number of hydrogen-bond acceptors (Lipinski definition) is 3. The molecule has 0 unspecified atom stereocenters. The molecule has 5 heteroatoms. The zero-order valence-corrected chi connectivity index (χ0v) is 29.6. The molecule has 4 aromatic carbocycles. The molecule has 48 heavy (non-hydrogen) atoms. The average molecular weight is 636 g/mol. The Labute approximate surface area is 281 Å². The van der Waals surface area contributed by atoms with Gasteiger partial charge in [0.1, 0.15) is 23.2 Å². The Hall–Kier alpha value is -4.95. The molecule has 0 bridgehead atoms. The molecule has 0 aliphatic carbocycles. The molecule has 0 atom stereocenters. The van der Waals surface area contributed by atoms with Crippen LogP contribution in [0.25, 0.3) is 60.7 Å². The predicted octanol–water partition coefficient (Wildman–Crippen LogP) is 12.0. The Bertz CT molecular complexity index is 2410. The Morgan fingerprint density at radius 1 is 0.708 bits per heavy atom. The van der Waals surface area contributed by atoms with E-state index < -0.39 is 0 Å². The van der Waals surface area contributed by atoms with E-state index in [9.17, 15) is 9.65 Å². The fourth-order valence-corrected chi connectivity index (χ4v) is 6.91. The van der Waals surface area contributed by atoms with Crippen molar-refractivity contribution in [3.63, 3.8) is 0 Å². The van der Waals surface area contributed by atoms with Crippen molar-refractivity contribution in [2.45, 2.75) is 85.5 Å². The van der Waals surface area contributed by atoms with Crippen molar-refractivity contribution in [3.05, 3.63) is 107 Å². The number of furan rings is 1. The molecule has 0 saturated heterocycles. The SMILES string of the molecule is Cc1cnc(-c2ccc(C(C)(C)C)c3c2oc2c(-n4c5cc(C(C)(C)C)ccc5c5ccc(C(C)(C)C)cc54)c(C#N)ccc23)cc1F. The van der Waals surface area contributed by atoms with Crippen LogP contribution in [-0.2, 0) is 16.2 Å². The standard InChI is InChI=1S/C43H42FN3O/c1-24-23-46-34(21-33(24)44)30-17-18-32(43(8,9)10)37-31-14-11-25(22-45)38(40(31)48-39(30)37)47-35-19-26(41(2,3)4)12-15-28(35)29-16-13-27(20-36(29)47)42(5,6)7/h11-21,23H,1-10H3. The van der Waals surface area contributed by atoms with Gasteiger partial charge in [-0.1, -0.05) is 92.6 Å². The minimum absolute atomic E-state index is 0.0811. The lowest BCUT2D eigenvalue weighted by molar-refractivity contribution is 0.591. The monoisotopic (exact) mass is 635 g/mol. The number of nitriles is 1. The van der Waals surface area contributed by atoms with Crippen LogP contribution >= 0.6 is 0 Å². The van der Waals surface area contributed by atoms with E-state index in [1.807, 2.05) is 18.2 Å². The second-order valence-electron chi connectivity index (χ2n) is 16.3. The number of halogens is 1. The van der Waals surface area contributed by atoms with Gasteiger partial charge < -0.3 is 8.98 Å². The summed E-state index contributed by atoms with van der Waals surface area (Å²) in [7, 11) is 0. The van der Waals surface area contributed by atoms with E-state index in [0.29, 0.717) is 39.2 Å². The molecular weight excluding hydrogens is 593 g/mol. The van der Waals surface area contributed by atoms with Crippen LogP contribution in [0.15, 0.2) is 77.3 Å². The summed E-state index contributed by atoms with van der Waals surface area (Å²) >= 11 is 0. The van der Waals surface area contributed by atoms with Crippen LogP contribution in [0, 0.1) is 24.1 Å². The van der Waals surface area contributed by atoms with Crippen LogP contribution in [0.3, 0.4) is 0 Å². The van der Waals surface area contributed by atoms with E-state index in [2.05, 4.69) is 120 Å². The first-order valence-electron chi connectivity index (χ1n) is 16.6. The molecule has 0 saturated carbocycles. The highest BCUT2D eigenvalue weighted by Crippen LogP contribution is 2.46. The maximum absolute atomic E-state index is 14.9. The van der Waals surface area contributed by atoms with Crippen molar-refractivity contribution in [1.82, 2.24) is 9.55 Å². The Kier molecular flexibility index (Phi) is 6.94. The Balaban J connectivity index is 1.70. The van der Waals surface area contributed by atoms with Gasteiger partial charge in [0, 0.05) is 44.9 Å². The highest BCUT2D eigenvalue weighted by Gasteiger charge is 2.28. The zero-order chi connectivity index (χ0) is 34.5. The maximum atomic E-state index is 14.9. The number of nitrogens with zero attached hydrogens (tertiary/aromatic N) is 3. The van der Waals surface area contributed by atoms with Gasteiger partial charge in [-0.05, 0) is 70.2 Å². The molecule has 3 heterocycles.